The predicted molar refractivity (Wildman–Crippen MR) is 81.4 cm³/mol. The smallest absolute Gasteiger partial charge is 0.288 e. The van der Waals surface area contributed by atoms with E-state index in [2.05, 4.69) is 15.8 Å². The molecule has 1 aliphatic rings. The normalized spacial score (nSPS) is 12.2. The fourth-order valence-electron chi connectivity index (χ4n) is 1.91. The molecular formula is C16H13N3O4. The van der Waals surface area contributed by atoms with Crippen molar-refractivity contribution in [2.24, 2.45) is 0 Å². The van der Waals surface area contributed by atoms with E-state index in [1.165, 1.54) is 12.3 Å². The summed E-state index contributed by atoms with van der Waals surface area (Å²) < 4.78 is 10.5. The van der Waals surface area contributed by atoms with Gasteiger partial charge >= 0.3 is 0 Å². The molecule has 1 aliphatic heterocycles. The molecule has 7 heteroatoms. The van der Waals surface area contributed by atoms with Gasteiger partial charge in [0, 0.05) is 12.3 Å². The first kappa shape index (κ1) is 14.6. The van der Waals surface area contributed by atoms with Gasteiger partial charge in [-0.25, -0.2) is 0 Å². The number of hydrazine groups is 1. The molecule has 0 unspecified atom stereocenters. The van der Waals surface area contributed by atoms with E-state index in [9.17, 15) is 9.59 Å². The van der Waals surface area contributed by atoms with E-state index in [1.54, 1.807) is 42.5 Å². The monoisotopic (exact) mass is 311 g/mol. The molecule has 7 nitrogen and oxygen atoms in total. The number of nitrogens with zero attached hydrogens (tertiary/aromatic N) is 1. The molecule has 2 heterocycles. The molecule has 1 aromatic carbocycles. The van der Waals surface area contributed by atoms with Crippen molar-refractivity contribution in [3.8, 4) is 11.5 Å². The Hall–Kier alpha value is -3.35. The van der Waals surface area contributed by atoms with Crippen molar-refractivity contribution in [3.05, 3.63) is 59.9 Å². The summed E-state index contributed by atoms with van der Waals surface area (Å²) >= 11 is 0. The number of amides is 2. The lowest BCUT2D eigenvalue weighted by Crippen LogP contribution is -2.41. The molecule has 2 amide bonds. The third-order valence-corrected chi connectivity index (χ3v) is 3.02. The zero-order valence-electron chi connectivity index (χ0n) is 12.0. The van der Waals surface area contributed by atoms with E-state index in [0.29, 0.717) is 11.5 Å². The molecule has 2 N–H and O–H groups in total. The average molecular weight is 311 g/mol. The highest BCUT2D eigenvalue weighted by Gasteiger charge is 2.12. The summed E-state index contributed by atoms with van der Waals surface area (Å²) in [5, 5.41) is 0. The van der Waals surface area contributed by atoms with Crippen LogP contribution in [-0.4, -0.2) is 23.6 Å². The van der Waals surface area contributed by atoms with Gasteiger partial charge in [0.2, 0.25) is 6.79 Å². The van der Waals surface area contributed by atoms with Crippen LogP contribution in [0.15, 0.2) is 48.7 Å². The van der Waals surface area contributed by atoms with Crippen LogP contribution in [0.3, 0.4) is 0 Å². The maximum Gasteiger partial charge on any atom is 0.288 e. The van der Waals surface area contributed by atoms with Crippen LogP contribution in [0.5, 0.6) is 11.5 Å². The fraction of sp³-hybridized carbons (Fsp3) is 0.0625. The Morgan fingerprint density at radius 2 is 1.96 bits per heavy atom. The molecule has 2 aromatic rings. The maximum atomic E-state index is 11.7. The van der Waals surface area contributed by atoms with Crippen LogP contribution in [0.25, 0.3) is 6.08 Å². The summed E-state index contributed by atoms with van der Waals surface area (Å²) in [5.41, 5.74) is 5.56. The third kappa shape index (κ3) is 3.65. The number of hydrogen-bond donors (Lipinski definition) is 2. The van der Waals surface area contributed by atoms with Crippen molar-refractivity contribution < 1.29 is 19.1 Å². The Balaban J connectivity index is 1.54. The Morgan fingerprint density at radius 1 is 1.09 bits per heavy atom. The first-order chi connectivity index (χ1) is 11.2. The SMILES string of the molecule is O=C(/C=C/c1ccc2c(c1)OCO2)NNC(=O)c1ccccn1. The molecule has 1 aromatic heterocycles. The largest absolute Gasteiger partial charge is 0.454 e. The Kier molecular flexibility index (Phi) is 4.19. The summed E-state index contributed by atoms with van der Waals surface area (Å²) in [4.78, 5) is 27.3. The van der Waals surface area contributed by atoms with E-state index in [1.807, 2.05) is 0 Å². The zero-order valence-corrected chi connectivity index (χ0v) is 12.0. The summed E-state index contributed by atoms with van der Waals surface area (Å²) in [6.07, 6.45) is 4.40. The minimum Gasteiger partial charge on any atom is -0.454 e. The van der Waals surface area contributed by atoms with Crippen molar-refractivity contribution in [2.45, 2.75) is 0 Å². The van der Waals surface area contributed by atoms with Gasteiger partial charge < -0.3 is 9.47 Å². The predicted octanol–water partition coefficient (Wildman–Crippen LogP) is 1.28. The number of aromatic nitrogens is 1. The number of rotatable bonds is 3. The number of fused-ring (bicyclic) bond motifs is 1. The molecule has 0 radical (unpaired) electrons. The van der Waals surface area contributed by atoms with Crippen molar-refractivity contribution in [1.82, 2.24) is 15.8 Å². The van der Waals surface area contributed by atoms with Gasteiger partial charge in [-0.2, -0.15) is 0 Å². The Morgan fingerprint density at radius 3 is 2.78 bits per heavy atom. The van der Waals surface area contributed by atoms with E-state index in [0.717, 1.165) is 5.56 Å². The van der Waals surface area contributed by atoms with Crippen LogP contribution in [0.2, 0.25) is 0 Å². The lowest BCUT2D eigenvalue weighted by Gasteiger charge is -2.04. The van der Waals surface area contributed by atoms with E-state index in [-0.39, 0.29) is 12.5 Å². The van der Waals surface area contributed by atoms with Crippen LogP contribution >= 0.6 is 0 Å². The molecule has 0 spiro atoms. The molecule has 0 aliphatic carbocycles. The highest BCUT2D eigenvalue weighted by Crippen LogP contribution is 2.32. The van der Waals surface area contributed by atoms with Crippen molar-refractivity contribution in [2.75, 3.05) is 6.79 Å². The van der Waals surface area contributed by atoms with Crippen LogP contribution in [-0.2, 0) is 4.79 Å². The minimum atomic E-state index is -0.490. The second kappa shape index (κ2) is 6.61. The number of hydrogen-bond acceptors (Lipinski definition) is 5. The number of carbonyl (C=O) groups excluding carboxylic acids is 2. The topological polar surface area (TPSA) is 89.5 Å². The molecular weight excluding hydrogens is 298 g/mol. The fourth-order valence-corrected chi connectivity index (χ4v) is 1.91. The Bertz CT molecular complexity index is 759. The molecule has 0 atom stereocenters. The van der Waals surface area contributed by atoms with Crippen molar-refractivity contribution >= 4 is 17.9 Å². The van der Waals surface area contributed by atoms with Crippen molar-refractivity contribution in [1.29, 1.82) is 0 Å². The number of benzene rings is 1. The van der Waals surface area contributed by atoms with Crippen LogP contribution < -0.4 is 20.3 Å². The van der Waals surface area contributed by atoms with Gasteiger partial charge in [-0.05, 0) is 35.9 Å². The highest BCUT2D eigenvalue weighted by atomic mass is 16.7. The second-order valence-electron chi connectivity index (χ2n) is 4.60. The van der Waals surface area contributed by atoms with Gasteiger partial charge in [-0.15, -0.1) is 0 Å². The second-order valence-corrected chi connectivity index (χ2v) is 4.60. The van der Waals surface area contributed by atoms with Gasteiger partial charge in [0.25, 0.3) is 11.8 Å². The van der Waals surface area contributed by atoms with Crippen LogP contribution in [0.4, 0.5) is 0 Å². The first-order valence-corrected chi connectivity index (χ1v) is 6.81. The molecule has 0 saturated heterocycles. The summed E-state index contributed by atoms with van der Waals surface area (Å²) in [5.74, 6) is 0.354. The van der Waals surface area contributed by atoms with Crippen LogP contribution in [0, 0.1) is 0 Å². The number of carbonyl (C=O) groups is 2. The lowest BCUT2D eigenvalue weighted by atomic mass is 10.2. The van der Waals surface area contributed by atoms with E-state index >= 15 is 0 Å². The Labute approximate surface area is 131 Å². The third-order valence-electron chi connectivity index (χ3n) is 3.02. The van der Waals surface area contributed by atoms with Gasteiger partial charge in [-0.1, -0.05) is 12.1 Å². The number of pyridine rings is 1. The van der Waals surface area contributed by atoms with Crippen LogP contribution in [0.1, 0.15) is 16.1 Å². The van der Waals surface area contributed by atoms with Gasteiger partial charge in [0.1, 0.15) is 5.69 Å². The quantitative estimate of drug-likeness (QED) is 0.658. The van der Waals surface area contributed by atoms with Gasteiger partial charge in [-0.3, -0.25) is 25.4 Å². The molecule has 0 saturated carbocycles. The maximum absolute atomic E-state index is 11.7. The first-order valence-electron chi connectivity index (χ1n) is 6.81. The molecule has 0 bridgehead atoms. The molecule has 0 fully saturated rings. The molecule has 23 heavy (non-hydrogen) atoms. The van der Waals surface area contributed by atoms with E-state index in [4.69, 9.17) is 9.47 Å². The molecule has 3 rings (SSSR count). The highest BCUT2D eigenvalue weighted by molar-refractivity contribution is 5.96. The summed E-state index contributed by atoms with van der Waals surface area (Å²) in [7, 11) is 0. The standard InChI is InChI=1S/C16H13N3O4/c20-15(18-19-16(21)12-3-1-2-8-17-12)7-5-11-4-6-13-14(9-11)23-10-22-13/h1-9H,10H2,(H,18,20)(H,19,21)/b7-5+. The number of ether oxygens (including phenoxy) is 2. The minimum absolute atomic E-state index is 0.197. The van der Waals surface area contributed by atoms with Crippen molar-refractivity contribution in [3.63, 3.8) is 0 Å². The molecule has 116 valence electrons. The number of nitrogens with one attached hydrogen (secondary N) is 2. The summed E-state index contributed by atoms with van der Waals surface area (Å²) in [6, 6.07) is 10.3. The average Bonchev–Trinajstić information content (AvgIpc) is 3.06. The van der Waals surface area contributed by atoms with Gasteiger partial charge in [0.15, 0.2) is 11.5 Å². The zero-order chi connectivity index (χ0) is 16.1. The summed E-state index contributed by atoms with van der Waals surface area (Å²) in [6.45, 7) is 0.197. The van der Waals surface area contributed by atoms with Gasteiger partial charge in [0.05, 0.1) is 0 Å². The van der Waals surface area contributed by atoms with E-state index < -0.39 is 11.8 Å². The lowest BCUT2D eigenvalue weighted by molar-refractivity contribution is -0.117.